The molecule has 1 heterocycles. The lowest BCUT2D eigenvalue weighted by Crippen LogP contribution is -2.39. The fourth-order valence-electron chi connectivity index (χ4n) is 5.37. The first-order chi connectivity index (χ1) is 15.0. The Morgan fingerprint density at radius 2 is 1.84 bits per heavy atom. The number of carboxylic acid groups (broad SMARTS) is 1. The third kappa shape index (κ3) is 5.37. The van der Waals surface area contributed by atoms with Crippen LogP contribution in [0.25, 0.3) is 5.57 Å². The molecule has 0 radical (unpaired) electrons. The maximum Gasteiger partial charge on any atom is 0.340 e. The Morgan fingerprint density at radius 1 is 1.25 bits per heavy atom. The number of aliphatic carboxylic acids is 1. The molecule has 0 aromatic heterocycles. The van der Waals surface area contributed by atoms with E-state index >= 15 is 0 Å². The summed E-state index contributed by atoms with van der Waals surface area (Å²) >= 11 is 3.55. The van der Waals surface area contributed by atoms with E-state index in [2.05, 4.69) is 33.1 Å². The van der Waals surface area contributed by atoms with E-state index in [1.54, 1.807) is 13.8 Å². The second-order valence-corrected chi connectivity index (χ2v) is 10.9. The molecule has 0 bridgehead atoms. The predicted octanol–water partition coefficient (Wildman–Crippen LogP) is 4.40. The Kier molecular flexibility index (Phi) is 7.71. The van der Waals surface area contributed by atoms with Crippen LogP contribution in [0.4, 0.5) is 0 Å². The lowest BCUT2D eigenvalue weighted by molar-refractivity contribution is -0.147. The highest BCUT2D eigenvalue weighted by Gasteiger charge is 2.44. The van der Waals surface area contributed by atoms with Crippen molar-refractivity contribution in [2.24, 2.45) is 23.2 Å². The van der Waals surface area contributed by atoms with Crippen LogP contribution in [0, 0.1) is 23.2 Å². The van der Waals surface area contributed by atoms with Crippen molar-refractivity contribution in [1.29, 1.82) is 0 Å². The maximum atomic E-state index is 12.6. The van der Waals surface area contributed by atoms with Crippen LogP contribution in [0.1, 0.15) is 46.1 Å². The second kappa shape index (κ2) is 9.96. The predicted molar refractivity (Wildman–Crippen MR) is 129 cm³/mol. The SMILES string of the molecule is COC(=O)/C(=C(\C)NC(C)C1CC2CN(CC(C)(C)C(=O)O)CC2C1)c1ccccc1Br. The van der Waals surface area contributed by atoms with Gasteiger partial charge in [0.25, 0.3) is 0 Å². The highest BCUT2D eigenvalue weighted by Crippen LogP contribution is 2.43. The molecule has 3 rings (SSSR count). The fourth-order valence-corrected chi connectivity index (χ4v) is 5.85. The van der Waals surface area contributed by atoms with Gasteiger partial charge in [0.15, 0.2) is 0 Å². The van der Waals surface area contributed by atoms with Gasteiger partial charge in [0, 0.05) is 41.4 Å². The molecule has 1 aromatic rings. The number of halogens is 1. The van der Waals surface area contributed by atoms with Crippen molar-refractivity contribution in [1.82, 2.24) is 10.2 Å². The largest absolute Gasteiger partial charge is 0.481 e. The third-order valence-corrected chi connectivity index (χ3v) is 7.81. The molecule has 1 saturated heterocycles. The van der Waals surface area contributed by atoms with Gasteiger partial charge < -0.3 is 20.1 Å². The normalized spacial score (nSPS) is 25.1. The smallest absolute Gasteiger partial charge is 0.340 e. The minimum absolute atomic E-state index is 0.228. The third-order valence-electron chi connectivity index (χ3n) is 7.12. The summed E-state index contributed by atoms with van der Waals surface area (Å²) in [5.74, 6) is 0.656. The van der Waals surface area contributed by atoms with Crippen LogP contribution in [0.2, 0.25) is 0 Å². The summed E-state index contributed by atoms with van der Waals surface area (Å²) < 4.78 is 5.93. The van der Waals surface area contributed by atoms with Gasteiger partial charge in [-0.3, -0.25) is 4.79 Å². The summed E-state index contributed by atoms with van der Waals surface area (Å²) in [6.45, 7) is 10.3. The molecule has 2 fully saturated rings. The summed E-state index contributed by atoms with van der Waals surface area (Å²) in [6, 6.07) is 7.90. The monoisotopic (exact) mass is 506 g/mol. The maximum absolute atomic E-state index is 12.6. The molecule has 0 spiro atoms. The number of hydrogen-bond acceptors (Lipinski definition) is 5. The van der Waals surface area contributed by atoms with Crippen molar-refractivity contribution in [3.05, 3.63) is 40.0 Å². The van der Waals surface area contributed by atoms with Crippen LogP contribution < -0.4 is 5.32 Å². The highest BCUT2D eigenvalue weighted by atomic mass is 79.9. The Labute approximate surface area is 199 Å². The fraction of sp³-hybridized carbons (Fsp3) is 0.600. The number of carboxylic acids is 1. The van der Waals surface area contributed by atoms with Gasteiger partial charge in [0.1, 0.15) is 0 Å². The lowest BCUT2D eigenvalue weighted by atomic mass is 9.92. The number of fused-ring (bicyclic) bond motifs is 1. The molecule has 3 unspecified atom stereocenters. The Balaban J connectivity index is 1.66. The van der Waals surface area contributed by atoms with E-state index in [-0.39, 0.29) is 12.0 Å². The van der Waals surface area contributed by atoms with Crippen LogP contribution >= 0.6 is 15.9 Å². The molecule has 1 saturated carbocycles. The first-order valence-corrected chi connectivity index (χ1v) is 12.1. The number of methoxy groups -OCH3 is 1. The first-order valence-electron chi connectivity index (χ1n) is 11.3. The Hall–Kier alpha value is -1.86. The van der Waals surface area contributed by atoms with Crippen molar-refractivity contribution >= 4 is 33.4 Å². The van der Waals surface area contributed by atoms with Gasteiger partial charge >= 0.3 is 11.9 Å². The molecule has 176 valence electrons. The van der Waals surface area contributed by atoms with E-state index in [4.69, 9.17) is 4.74 Å². The number of allylic oxidation sites excluding steroid dienone is 1. The summed E-state index contributed by atoms with van der Waals surface area (Å²) in [6.07, 6.45) is 2.25. The quantitative estimate of drug-likeness (QED) is 0.401. The molecule has 0 amide bonds. The van der Waals surface area contributed by atoms with Crippen molar-refractivity contribution in [2.75, 3.05) is 26.7 Å². The average Bonchev–Trinajstić information content (AvgIpc) is 3.27. The van der Waals surface area contributed by atoms with Crippen LogP contribution in [0.3, 0.4) is 0 Å². The zero-order valence-electron chi connectivity index (χ0n) is 19.7. The van der Waals surface area contributed by atoms with Crippen molar-refractivity contribution in [3.8, 4) is 0 Å². The van der Waals surface area contributed by atoms with E-state index < -0.39 is 11.4 Å². The number of nitrogens with one attached hydrogen (secondary N) is 1. The number of hydrogen-bond donors (Lipinski definition) is 2. The number of likely N-dealkylation sites (tertiary alicyclic amines) is 1. The number of ether oxygens (including phenoxy) is 1. The molecule has 3 atom stereocenters. The summed E-state index contributed by atoms with van der Waals surface area (Å²) in [5, 5.41) is 13.0. The van der Waals surface area contributed by atoms with Gasteiger partial charge in [-0.05, 0) is 64.4 Å². The molecule has 1 aliphatic heterocycles. The van der Waals surface area contributed by atoms with Gasteiger partial charge in [0.05, 0.1) is 18.1 Å². The molecule has 2 N–H and O–H groups in total. The zero-order chi connectivity index (χ0) is 23.6. The zero-order valence-corrected chi connectivity index (χ0v) is 21.2. The number of benzene rings is 1. The molecule has 2 aliphatic rings. The van der Waals surface area contributed by atoms with Crippen LogP contribution in [0.5, 0.6) is 0 Å². The number of nitrogens with zero attached hydrogens (tertiary/aromatic N) is 1. The number of rotatable bonds is 8. The highest BCUT2D eigenvalue weighted by molar-refractivity contribution is 9.10. The van der Waals surface area contributed by atoms with Crippen molar-refractivity contribution in [3.63, 3.8) is 0 Å². The Morgan fingerprint density at radius 3 is 2.38 bits per heavy atom. The molecular formula is C25H35BrN2O4. The number of esters is 1. The minimum atomic E-state index is -0.737. The molecule has 1 aliphatic carbocycles. The van der Waals surface area contributed by atoms with E-state index in [0.717, 1.165) is 41.7 Å². The molecular weight excluding hydrogens is 472 g/mol. The topological polar surface area (TPSA) is 78.9 Å². The van der Waals surface area contributed by atoms with E-state index in [0.29, 0.717) is 29.9 Å². The van der Waals surface area contributed by atoms with Gasteiger partial charge in [0.2, 0.25) is 0 Å². The molecule has 32 heavy (non-hydrogen) atoms. The van der Waals surface area contributed by atoms with Crippen LogP contribution in [-0.2, 0) is 14.3 Å². The number of carbonyl (C=O) groups is 2. The second-order valence-electron chi connectivity index (χ2n) is 10.0. The van der Waals surface area contributed by atoms with Gasteiger partial charge in [-0.1, -0.05) is 34.1 Å². The van der Waals surface area contributed by atoms with Gasteiger partial charge in [-0.2, -0.15) is 0 Å². The minimum Gasteiger partial charge on any atom is -0.481 e. The first kappa shape index (κ1) is 24.8. The number of carbonyl (C=O) groups excluding carboxylic acids is 1. The average molecular weight is 507 g/mol. The summed E-state index contributed by atoms with van der Waals surface area (Å²) in [5.41, 5.74) is 1.46. The van der Waals surface area contributed by atoms with E-state index in [1.165, 1.54) is 7.11 Å². The van der Waals surface area contributed by atoms with Gasteiger partial charge in [-0.25, -0.2) is 4.79 Å². The molecule has 6 nitrogen and oxygen atoms in total. The van der Waals surface area contributed by atoms with E-state index in [1.807, 2.05) is 31.2 Å². The molecule has 7 heteroatoms. The van der Waals surface area contributed by atoms with Crippen LogP contribution in [-0.4, -0.2) is 54.7 Å². The van der Waals surface area contributed by atoms with Crippen molar-refractivity contribution in [2.45, 2.75) is 46.6 Å². The van der Waals surface area contributed by atoms with Gasteiger partial charge in [-0.15, -0.1) is 0 Å². The summed E-state index contributed by atoms with van der Waals surface area (Å²) in [4.78, 5) is 26.4. The standard InChI is InChI=1S/C25H35BrN2O4/c1-15(27-16(2)22(23(29)32-5)20-8-6-7-9-21(20)26)17-10-18-12-28(13-19(18)11-17)14-25(3,4)24(30)31/h6-9,15,17-19,27H,10-14H2,1-5H3,(H,30,31)/b22-16+. The van der Waals surface area contributed by atoms with Crippen molar-refractivity contribution < 1.29 is 19.4 Å². The summed E-state index contributed by atoms with van der Waals surface area (Å²) in [7, 11) is 1.41. The molecule has 1 aromatic carbocycles. The van der Waals surface area contributed by atoms with E-state index in [9.17, 15) is 14.7 Å². The lowest BCUT2D eigenvalue weighted by Gasteiger charge is -2.28. The van der Waals surface area contributed by atoms with Crippen LogP contribution in [0.15, 0.2) is 34.4 Å². The Bertz CT molecular complexity index is 884.